The highest BCUT2D eigenvalue weighted by atomic mass is 19.4. The number of aryl methyl sites for hydroxylation is 1. The number of aromatic nitrogens is 2. The molecule has 2 aromatic rings. The summed E-state index contributed by atoms with van der Waals surface area (Å²) in [6.07, 6.45) is -2.90. The van der Waals surface area contributed by atoms with Crippen molar-refractivity contribution >= 4 is 16.8 Å². The van der Waals surface area contributed by atoms with Gasteiger partial charge in [0.15, 0.2) is 0 Å². The second kappa shape index (κ2) is 7.06. The first-order valence-corrected chi connectivity index (χ1v) is 8.26. The second-order valence-corrected chi connectivity index (χ2v) is 6.42. The summed E-state index contributed by atoms with van der Waals surface area (Å²) in [5.41, 5.74) is 1.17. The van der Waals surface area contributed by atoms with Crippen LogP contribution in [0.2, 0.25) is 0 Å². The third-order valence-electron chi connectivity index (χ3n) is 4.49. The van der Waals surface area contributed by atoms with Gasteiger partial charge < -0.3 is 4.90 Å². The number of benzene rings is 1. The molecular weight excluding hydrogens is 349 g/mol. The lowest BCUT2D eigenvalue weighted by Gasteiger charge is -2.35. The standard InChI is InChI=1S/C17H19F3N4O2/c1-12-3-2-4-13-15(12)21-11-24(16(13)26)9-14(25)23-7-5-22(6-8-23)10-17(18,19)20/h2-4,11H,5-10H2,1H3. The number of nitrogens with zero attached hydrogens (tertiary/aromatic N) is 4. The molecular formula is C17H19F3N4O2. The fourth-order valence-electron chi connectivity index (χ4n) is 3.10. The number of carbonyl (C=O) groups excluding carboxylic acids is 1. The molecule has 6 nitrogen and oxygen atoms in total. The van der Waals surface area contributed by atoms with Crippen LogP contribution in [0, 0.1) is 6.92 Å². The summed E-state index contributed by atoms with van der Waals surface area (Å²) < 4.78 is 38.5. The van der Waals surface area contributed by atoms with Crippen LogP contribution in [0.15, 0.2) is 29.3 Å². The highest BCUT2D eigenvalue weighted by molar-refractivity contribution is 5.81. The number of alkyl halides is 3. The zero-order valence-electron chi connectivity index (χ0n) is 14.3. The van der Waals surface area contributed by atoms with Crippen LogP contribution in [0.25, 0.3) is 10.9 Å². The van der Waals surface area contributed by atoms with E-state index in [1.165, 1.54) is 20.7 Å². The summed E-state index contributed by atoms with van der Waals surface area (Å²) >= 11 is 0. The van der Waals surface area contributed by atoms with Crippen LogP contribution in [0.3, 0.4) is 0 Å². The minimum Gasteiger partial charge on any atom is -0.339 e. The van der Waals surface area contributed by atoms with E-state index < -0.39 is 12.7 Å². The van der Waals surface area contributed by atoms with E-state index in [4.69, 9.17) is 0 Å². The van der Waals surface area contributed by atoms with Crippen LogP contribution < -0.4 is 5.56 Å². The highest BCUT2D eigenvalue weighted by Crippen LogP contribution is 2.17. The predicted molar refractivity (Wildman–Crippen MR) is 89.8 cm³/mol. The van der Waals surface area contributed by atoms with Crippen LogP contribution in [0.1, 0.15) is 5.56 Å². The van der Waals surface area contributed by atoms with E-state index in [0.29, 0.717) is 10.9 Å². The van der Waals surface area contributed by atoms with Crippen LogP contribution in [0.4, 0.5) is 13.2 Å². The summed E-state index contributed by atoms with van der Waals surface area (Å²) in [5.74, 6) is -0.299. The number of hydrogen-bond donors (Lipinski definition) is 0. The third kappa shape index (κ3) is 4.04. The summed E-state index contributed by atoms with van der Waals surface area (Å²) in [7, 11) is 0. The Bertz CT molecular complexity index is 870. The SMILES string of the molecule is Cc1cccc2c(=O)n(CC(=O)N3CCN(CC(F)(F)F)CC3)cnc12. The Kier molecular flexibility index (Phi) is 4.99. The zero-order valence-corrected chi connectivity index (χ0v) is 14.3. The van der Waals surface area contributed by atoms with Gasteiger partial charge in [-0.25, -0.2) is 4.98 Å². The Morgan fingerprint density at radius 1 is 1.19 bits per heavy atom. The van der Waals surface area contributed by atoms with E-state index in [1.54, 1.807) is 12.1 Å². The molecule has 1 aliphatic heterocycles. The van der Waals surface area contributed by atoms with Crippen molar-refractivity contribution in [1.82, 2.24) is 19.4 Å². The number of amides is 1. The van der Waals surface area contributed by atoms with Gasteiger partial charge >= 0.3 is 6.18 Å². The van der Waals surface area contributed by atoms with Gasteiger partial charge in [0.2, 0.25) is 5.91 Å². The van der Waals surface area contributed by atoms with Gasteiger partial charge in [-0.3, -0.25) is 19.1 Å². The van der Waals surface area contributed by atoms with E-state index in [1.807, 2.05) is 13.0 Å². The molecule has 1 amide bonds. The largest absolute Gasteiger partial charge is 0.401 e. The number of hydrogen-bond acceptors (Lipinski definition) is 4. The van der Waals surface area contributed by atoms with Gasteiger partial charge in [-0.2, -0.15) is 13.2 Å². The summed E-state index contributed by atoms with van der Waals surface area (Å²) in [4.78, 5) is 32.0. The normalized spacial score (nSPS) is 16.2. The maximum absolute atomic E-state index is 12.5. The average molecular weight is 368 g/mol. The minimum absolute atomic E-state index is 0.162. The molecule has 1 aliphatic rings. The van der Waals surface area contributed by atoms with Crippen molar-refractivity contribution in [3.63, 3.8) is 0 Å². The fourth-order valence-corrected chi connectivity index (χ4v) is 3.10. The Labute approximate surface area is 147 Å². The molecule has 1 aromatic heterocycles. The summed E-state index contributed by atoms with van der Waals surface area (Å²) in [6, 6.07) is 5.27. The van der Waals surface area contributed by atoms with Crippen LogP contribution in [0.5, 0.6) is 0 Å². The molecule has 2 heterocycles. The molecule has 3 rings (SSSR count). The monoisotopic (exact) mass is 368 g/mol. The lowest BCUT2D eigenvalue weighted by atomic mass is 10.1. The molecule has 26 heavy (non-hydrogen) atoms. The molecule has 0 saturated carbocycles. The zero-order chi connectivity index (χ0) is 18.9. The summed E-state index contributed by atoms with van der Waals surface area (Å²) in [5, 5.41) is 0.440. The van der Waals surface area contributed by atoms with Crippen molar-refractivity contribution in [2.45, 2.75) is 19.6 Å². The first-order valence-electron chi connectivity index (χ1n) is 8.26. The van der Waals surface area contributed by atoms with Gasteiger partial charge in [0.25, 0.3) is 5.56 Å². The maximum Gasteiger partial charge on any atom is 0.401 e. The van der Waals surface area contributed by atoms with E-state index in [2.05, 4.69) is 4.98 Å². The van der Waals surface area contributed by atoms with E-state index in [9.17, 15) is 22.8 Å². The van der Waals surface area contributed by atoms with Crippen molar-refractivity contribution in [3.8, 4) is 0 Å². The third-order valence-corrected chi connectivity index (χ3v) is 4.49. The Balaban J connectivity index is 1.67. The van der Waals surface area contributed by atoms with E-state index in [-0.39, 0.29) is 44.2 Å². The van der Waals surface area contributed by atoms with Crippen molar-refractivity contribution in [2.75, 3.05) is 32.7 Å². The number of para-hydroxylation sites is 1. The predicted octanol–water partition coefficient (Wildman–Crippen LogP) is 1.41. The van der Waals surface area contributed by atoms with Gasteiger partial charge in [-0.05, 0) is 18.6 Å². The average Bonchev–Trinajstić information content (AvgIpc) is 2.57. The smallest absolute Gasteiger partial charge is 0.339 e. The van der Waals surface area contributed by atoms with Crippen molar-refractivity contribution in [3.05, 3.63) is 40.4 Å². The van der Waals surface area contributed by atoms with Crippen LogP contribution in [-0.4, -0.2) is 64.2 Å². The number of halogens is 3. The number of rotatable bonds is 3. The van der Waals surface area contributed by atoms with Crippen molar-refractivity contribution in [1.29, 1.82) is 0 Å². The van der Waals surface area contributed by atoms with Gasteiger partial charge in [-0.15, -0.1) is 0 Å². The molecule has 0 spiro atoms. The maximum atomic E-state index is 12.5. The Morgan fingerprint density at radius 3 is 2.54 bits per heavy atom. The van der Waals surface area contributed by atoms with E-state index in [0.717, 1.165) is 5.56 Å². The molecule has 0 atom stereocenters. The van der Waals surface area contributed by atoms with Gasteiger partial charge in [0.1, 0.15) is 6.54 Å². The molecule has 140 valence electrons. The minimum atomic E-state index is -4.24. The Hall–Kier alpha value is -2.42. The number of carbonyl (C=O) groups is 1. The van der Waals surface area contributed by atoms with Gasteiger partial charge in [0.05, 0.1) is 23.8 Å². The highest BCUT2D eigenvalue weighted by Gasteiger charge is 2.32. The summed E-state index contributed by atoms with van der Waals surface area (Å²) in [6.45, 7) is 1.46. The van der Waals surface area contributed by atoms with Crippen LogP contribution >= 0.6 is 0 Å². The van der Waals surface area contributed by atoms with Crippen LogP contribution in [-0.2, 0) is 11.3 Å². The fraction of sp³-hybridized carbons (Fsp3) is 0.471. The number of piperazine rings is 1. The molecule has 0 unspecified atom stereocenters. The molecule has 1 aromatic carbocycles. The Morgan fingerprint density at radius 2 is 1.88 bits per heavy atom. The first kappa shape index (κ1) is 18.4. The quantitative estimate of drug-likeness (QED) is 0.822. The van der Waals surface area contributed by atoms with Crippen molar-refractivity contribution in [2.24, 2.45) is 0 Å². The molecule has 0 N–H and O–H groups in total. The molecule has 0 radical (unpaired) electrons. The first-order chi connectivity index (χ1) is 12.2. The van der Waals surface area contributed by atoms with Crippen molar-refractivity contribution < 1.29 is 18.0 Å². The molecule has 9 heteroatoms. The topological polar surface area (TPSA) is 58.4 Å². The number of fused-ring (bicyclic) bond motifs is 1. The molecule has 1 saturated heterocycles. The molecule has 0 aliphatic carbocycles. The molecule has 1 fully saturated rings. The second-order valence-electron chi connectivity index (χ2n) is 6.42. The lowest BCUT2D eigenvalue weighted by molar-refractivity contribution is -0.151. The van der Waals surface area contributed by atoms with E-state index >= 15 is 0 Å². The van der Waals surface area contributed by atoms with Gasteiger partial charge in [0, 0.05) is 26.2 Å². The van der Waals surface area contributed by atoms with Gasteiger partial charge in [-0.1, -0.05) is 12.1 Å². The molecule has 0 bridgehead atoms. The lowest BCUT2D eigenvalue weighted by Crippen LogP contribution is -2.51.